The van der Waals surface area contributed by atoms with Crippen LogP contribution in [0.3, 0.4) is 0 Å². The van der Waals surface area contributed by atoms with Crippen LogP contribution in [0.5, 0.6) is 0 Å². The van der Waals surface area contributed by atoms with E-state index in [0.717, 1.165) is 30.1 Å². The number of amides is 1. The van der Waals surface area contributed by atoms with Gasteiger partial charge in [0.15, 0.2) is 0 Å². The van der Waals surface area contributed by atoms with Gasteiger partial charge in [-0.1, -0.05) is 15.9 Å². The third-order valence-electron chi connectivity index (χ3n) is 4.03. The molecule has 3 heteroatoms. The largest absolute Gasteiger partial charge is 0.340 e. The molecule has 0 spiro atoms. The molecule has 1 amide bonds. The van der Waals surface area contributed by atoms with Crippen molar-refractivity contribution in [1.29, 1.82) is 0 Å². The lowest BCUT2D eigenvalue weighted by Gasteiger charge is -2.29. The fourth-order valence-electron chi connectivity index (χ4n) is 3.00. The molecule has 16 heavy (non-hydrogen) atoms. The molecule has 2 nitrogen and oxygen atoms in total. The van der Waals surface area contributed by atoms with E-state index in [1.807, 2.05) is 0 Å². The molecule has 0 aromatic heterocycles. The molecule has 0 bridgehead atoms. The number of nitrogens with zero attached hydrogens (tertiary/aromatic N) is 1. The van der Waals surface area contributed by atoms with Gasteiger partial charge in [-0.2, -0.15) is 0 Å². The van der Waals surface area contributed by atoms with Gasteiger partial charge in [0.1, 0.15) is 0 Å². The van der Waals surface area contributed by atoms with E-state index in [4.69, 9.17) is 0 Å². The van der Waals surface area contributed by atoms with Crippen LogP contribution in [0.4, 0.5) is 0 Å². The summed E-state index contributed by atoms with van der Waals surface area (Å²) in [6.45, 7) is 5.16. The summed E-state index contributed by atoms with van der Waals surface area (Å²) in [5, 5.41) is 0.986. The predicted molar refractivity (Wildman–Crippen MR) is 69.6 cm³/mol. The van der Waals surface area contributed by atoms with Crippen LogP contribution in [-0.4, -0.2) is 28.7 Å². The molecule has 2 atom stereocenters. The van der Waals surface area contributed by atoms with E-state index < -0.39 is 0 Å². The lowest BCUT2D eigenvalue weighted by molar-refractivity contribution is -0.137. The number of carbonyl (C=O) groups excluding carboxylic acids is 1. The van der Waals surface area contributed by atoms with Crippen LogP contribution in [0.15, 0.2) is 0 Å². The SMILES string of the molecule is CC(C)N(CCCBr)C(=O)C1CC2CC2C1. The first kappa shape index (κ1) is 12.4. The van der Waals surface area contributed by atoms with Crippen LogP contribution in [0.25, 0.3) is 0 Å². The average molecular weight is 288 g/mol. The summed E-state index contributed by atoms with van der Waals surface area (Å²) >= 11 is 3.44. The van der Waals surface area contributed by atoms with E-state index in [1.165, 1.54) is 19.3 Å². The third kappa shape index (κ3) is 2.61. The smallest absolute Gasteiger partial charge is 0.225 e. The van der Waals surface area contributed by atoms with Gasteiger partial charge in [-0.3, -0.25) is 4.79 Å². The molecule has 0 aliphatic heterocycles. The zero-order valence-corrected chi connectivity index (χ0v) is 11.9. The quantitative estimate of drug-likeness (QED) is 0.712. The Morgan fingerprint density at radius 3 is 2.44 bits per heavy atom. The summed E-state index contributed by atoms with van der Waals surface area (Å²) in [4.78, 5) is 14.4. The summed E-state index contributed by atoms with van der Waals surface area (Å²) in [5.74, 6) is 2.57. The summed E-state index contributed by atoms with van der Waals surface area (Å²) < 4.78 is 0. The second-order valence-corrected chi connectivity index (χ2v) is 6.39. The number of hydrogen-bond acceptors (Lipinski definition) is 1. The van der Waals surface area contributed by atoms with Crippen molar-refractivity contribution in [2.24, 2.45) is 17.8 Å². The van der Waals surface area contributed by atoms with E-state index in [2.05, 4.69) is 34.7 Å². The molecule has 0 N–H and O–H groups in total. The van der Waals surface area contributed by atoms with Gasteiger partial charge in [0.2, 0.25) is 5.91 Å². The molecular weight excluding hydrogens is 266 g/mol. The van der Waals surface area contributed by atoms with Crippen molar-refractivity contribution < 1.29 is 4.79 Å². The number of halogens is 1. The van der Waals surface area contributed by atoms with E-state index >= 15 is 0 Å². The van der Waals surface area contributed by atoms with Crippen molar-refractivity contribution in [3.8, 4) is 0 Å². The molecule has 92 valence electrons. The lowest BCUT2D eigenvalue weighted by atomic mass is 10.0. The minimum absolute atomic E-state index is 0.349. The second kappa shape index (κ2) is 5.07. The molecule has 0 radical (unpaired) electrons. The molecule has 2 aliphatic carbocycles. The first-order valence-electron chi connectivity index (χ1n) is 6.50. The first-order valence-corrected chi connectivity index (χ1v) is 7.62. The fraction of sp³-hybridized carbons (Fsp3) is 0.923. The minimum atomic E-state index is 0.349. The Hall–Kier alpha value is -0.0500. The van der Waals surface area contributed by atoms with Crippen molar-refractivity contribution in [2.45, 2.75) is 45.6 Å². The van der Waals surface area contributed by atoms with Crippen LogP contribution in [0, 0.1) is 17.8 Å². The van der Waals surface area contributed by atoms with Crippen LogP contribution < -0.4 is 0 Å². The van der Waals surface area contributed by atoms with Crippen LogP contribution >= 0.6 is 15.9 Å². The van der Waals surface area contributed by atoms with E-state index in [0.29, 0.717) is 17.9 Å². The molecule has 2 saturated carbocycles. The number of fused-ring (bicyclic) bond motifs is 1. The van der Waals surface area contributed by atoms with Gasteiger partial charge >= 0.3 is 0 Å². The van der Waals surface area contributed by atoms with Gasteiger partial charge in [0, 0.05) is 23.8 Å². The molecule has 0 saturated heterocycles. The minimum Gasteiger partial charge on any atom is -0.340 e. The van der Waals surface area contributed by atoms with Crippen LogP contribution in [-0.2, 0) is 4.79 Å². The summed E-state index contributed by atoms with van der Waals surface area (Å²) in [6, 6.07) is 0.350. The van der Waals surface area contributed by atoms with Gasteiger partial charge in [0.25, 0.3) is 0 Å². The highest BCUT2D eigenvalue weighted by atomic mass is 79.9. The standard InChI is InChI=1S/C13H22BrNO/c1-9(2)15(5-3-4-14)13(16)12-7-10-6-11(10)8-12/h9-12H,3-8H2,1-2H3. The van der Waals surface area contributed by atoms with Gasteiger partial charge in [-0.15, -0.1) is 0 Å². The Labute approximate surface area is 107 Å². The van der Waals surface area contributed by atoms with Crippen molar-refractivity contribution >= 4 is 21.8 Å². The average Bonchev–Trinajstić information content (AvgIpc) is 2.85. The van der Waals surface area contributed by atoms with Gasteiger partial charge in [-0.05, 0) is 51.4 Å². The lowest BCUT2D eigenvalue weighted by Crippen LogP contribution is -2.41. The normalized spacial score (nSPS) is 31.6. The monoisotopic (exact) mass is 287 g/mol. The van der Waals surface area contributed by atoms with Gasteiger partial charge in [0.05, 0.1) is 0 Å². The van der Waals surface area contributed by atoms with E-state index in [1.54, 1.807) is 0 Å². The maximum absolute atomic E-state index is 12.4. The number of rotatable bonds is 5. The molecule has 2 rings (SSSR count). The van der Waals surface area contributed by atoms with Crippen LogP contribution in [0.1, 0.15) is 39.5 Å². The maximum atomic E-state index is 12.4. The van der Waals surface area contributed by atoms with Gasteiger partial charge in [-0.25, -0.2) is 0 Å². The first-order chi connectivity index (χ1) is 7.63. The molecule has 0 heterocycles. The van der Waals surface area contributed by atoms with Crippen molar-refractivity contribution in [3.05, 3.63) is 0 Å². The summed E-state index contributed by atoms with van der Waals surface area (Å²) in [7, 11) is 0. The molecule has 2 fully saturated rings. The molecule has 0 aromatic rings. The summed E-state index contributed by atoms with van der Waals surface area (Å²) in [5.41, 5.74) is 0. The second-order valence-electron chi connectivity index (χ2n) is 5.59. The number of hydrogen-bond donors (Lipinski definition) is 0. The Balaban J connectivity index is 1.88. The molecule has 0 aromatic carbocycles. The Morgan fingerprint density at radius 1 is 1.31 bits per heavy atom. The highest BCUT2D eigenvalue weighted by Crippen LogP contribution is 2.54. The molecular formula is C13H22BrNO. The van der Waals surface area contributed by atoms with Crippen molar-refractivity contribution in [3.63, 3.8) is 0 Å². The molecule has 2 aliphatic rings. The fourth-order valence-corrected chi connectivity index (χ4v) is 3.25. The topological polar surface area (TPSA) is 20.3 Å². The Kier molecular flexibility index (Phi) is 3.93. The van der Waals surface area contributed by atoms with Crippen LogP contribution in [0.2, 0.25) is 0 Å². The third-order valence-corrected chi connectivity index (χ3v) is 4.59. The Morgan fingerprint density at radius 2 is 1.94 bits per heavy atom. The van der Waals surface area contributed by atoms with Crippen molar-refractivity contribution in [1.82, 2.24) is 4.90 Å². The number of carbonyl (C=O) groups is 1. The zero-order chi connectivity index (χ0) is 11.7. The molecule has 2 unspecified atom stereocenters. The Bertz CT molecular complexity index is 257. The highest BCUT2D eigenvalue weighted by Gasteiger charge is 2.48. The summed E-state index contributed by atoms with van der Waals surface area (Å²) in [6.07, 6.45) is 4.79. The number of alkyl halides is 1. The van der Waals surface area contributed by atoms with Crippen molar-refractivity contribution in [2.75, 3.05) is 11.9 Å². The maximum Gasteiger partial charge on any atom is 0.225 e. The highest BCUT2D eigenvalue weighted by molar-refractivity contribution is 9.09. The van der Waals surface area contributed by atoms with Gasteiger partial charge < -0.3 is 4.90 Å². The zero-order valence-electron chi connectivity index (χ0n) is 10.3. The van der Waals surface area contributed by atoms with E-state index in [-0.39, 0.29) is 0 Å². The van der Waals surface area contributed by atoms with E-state index in [9.17, 15) is 4.79 Å². The predicted octanol–water partition coefficient (Wildman–Crippen LogP) is 3.05.